The number of alkyl halides is 5. The van der Waals surface area contributed by atoms with Gasteiger partial charge in [-0.3, -0.25) is 4.79 Å². The van der Waals surface area contributed by atoms with Crippen LogP contribution in [0.5, 0.6) is 0 Å². The van der Waals surface area contributed by atoms with Crippen molar-refractivity contribution in [1.82, 2.24) is 10.3 Å². The fourth-order valence-electron chi connectivity index (χ4n) is 5.33. The summed E-state index contributed by atoms with van der Waals surface area (Å²) < 4.78 is 97.7. The predicted octanol–water partition coefficient (Wildman–Crippen LogP) is 4.37. The van der Waals surface area contributed by atoms with Crippen LogP contribution in [-0.4, -0.2) is 61.5 Å². The van der Waals surface area contributed by atoms with Crippen LogP contribution < -0.4 is 10.2 Å². The molecule has 0 bridgehead atoms. The smallest absolute Gasteiger partial charge is 0.397 e. The van der Waals surface area contributed by atoms with E-state index >= 15 is 0 Å². The van der Waals surface area contributed by atoms with Crippen molar-refractivity contribution >= 4 is 21.4 Å². The lowest BCUT2D eigenvalue weighted by molar-refractivity contribution is -0.135. The van der Waals surface area contributed by atoms with Crippen molar-refractivity contribution in [2.24, 2.45) is 5.92 Å². The average molecular weight is 587 g/mol. The molecule has 8 nitrogen and oxygen atoms in total. The van der Waals surface area contributed by atoms with Crippen molar-refractivity contribution < 1.29 is 39.6 Å². The van der Waals surface area contributed by atoms with Gasteiger partial charge >= 0.3 is 6.18 Å². The molecule has 1 N–H and O–H groups in total. The van der Waals surface area contributed by atoms with Gasteiger partial charge in [-0.2, -0.15) is 18.4 Å². The molecule has 216 valence electrons. The molecule has 1 saturated heterocycles. The summed E-state index contributed by atoms with van der Waals surface area (Å²) in [5.41, 5.74) is -0.00173. The first-order valence-electron chi connectivity index (χ1n) is 12.9. The Bertz CT molecular complexity index is 1410. The molecule has 0 radical (unpaired) electrons. The number of sulfone groups is 1. The number of carbonyl (C=O) groups excluding carboxylic acids is 1. The number of amides is 1. The van der Waals surface area contributed by atoms with E-state index < -0.39 is 70.4 Å². The fraction of sp³-hybridized carbons (Fsp3) is 0.577. The Hall–Kier alpha value is -3.21. The largest absolute Gasteiger partial charge is 0.444 e. The molecule has 2 aliphatic carbocycles. The van der Waals surface area contributed by atoms with Crippen LogP contribution in [0.25, 0.3) is 11.3 Å². The second-order valence-electron chi connectivity index (χ2n) is 10.8. The lowest BCUT2D eigenvalue weighted by Gasteiger charge is -2.34. The molecule has 14 heteroatoms. The predicted molar refractivity (Wildman–Crippen MR) is 133 cm³/mol. The van der Waals surface area contributed by atoms with E-state index in [1.54, 1.807) is 24.3 Å². The van der Waals surface area contributed by atoms with Gasteiger partial charge in [-0.25, -0.2) is 22.2 Å². The molecule has 1 aromatic carbocycles. The molecule has 5 rings (SSSR count). The first kappa shape index (κ1) is 28.3. The summed E-state index contributed by atoms with van der Waals surface area (Å²) in [6.07, 6.45) is -6.98. The van der Waals surface area contributed by atoms with Gasteiger partial charge < -0.3 is 14.6 Å². The highest BCUT2D eigenvalue weighted by atomic mass is 32.2. The summed E-state index contributed by atoms with van der Waals surface area (Å²) in [4.78, 5) is 19.1. The molecular weight excluding hydrogens is 559 g/mol. The summed E-state index contributed by atoms with van der Waals surface area (Å²) in [6, 6.07) is 8.53. The van der Waals surface area contributed by atoms with Gasteiger partial charge in [0.05, 0.1) is 23.5 Å². The summed E-state index contributed by atoms with van der Waals surface area (Å²) in [6.45, 7) is 0.591. The maximum atomic E-state index is 14.5. The van der Waals surface area contributed by atoms with Crippen LogP contribution in [0.1, 0.15) is 49.7 Å². The van der Waals surface area contributed by atoms with E-state index in [1.807, 2.05) is 11.0 Å². The average Bonchev–Trinajstić information content (AvgIpc) is 3.53. The lowest BCUT2D eigenvalue weighted by Crippen LogP contribution is -2.45. The summed E-state index contributed by atoms with van der Waals surface area (Å²) in [5, 5.41) is 11.9. The number of benzene rings is 1. The zero-order chi connectivity index (χ0) is 28.9. The maximum Gasteiger partial charge on any atom is 0.397 e. The number of hydrogen-bond acceptors (Lipinski definition) is 7. The standard InChI is InChI=1S/C26H27F5N4O4S/c27-25(28)6-5-18(19(13-25)23(36)34-24(15-32)7-8-24)22-21(33-20(39-22)14-26(29,30)31)16-1-3-17(4-2-16)35-9-11-40(37,38)12-10-35/h1-4,18-19H,5-14H2,(H,34,36). The van der Waals surface area contributed by atoms with Gasteiger partial charge in [0.2, 0.25) is 17.7 Å². The molecule has 2 saturated carbocycles. The van der Waals surface area contributed by atoms with Gasteiger partial charge in [-0.05, 0) is 31.4 Å². The molecule has 40 heavy (non-hydrogen) atoms. The number of anilines is 1. The molecule has 1 aliphatic heterocycles. The molecule has 1 amide bonds. The van der Waals surface area contributed by atoms with E-state index in [4.69, 9.17) is 4.42 Å². The molecule has 2 atom stereocenters. The lowest BCUT2D eigenvalue weighted by atomic mass is 9.74. The van der Waals surface area contributed by atoms with E-state index in [2.05, 4.69) is 10.3 Å². The van der Waals surface area contributed by atoms with E-state index in [0.717, 1.165) is 0 Å². The molecule has 3 aliphatic rings. The molecule has 3 fully saturated rings. The van der Waals surface area contributed by atoms with Gasteiger partial charge in [0, 0.05) is 43.1 Å². The quantitative estimate of drug-likeness (QED) is 0.500. The monoisotopic (exact) mass is 586 g/mol. The first-order chi connectivity index (χ1) is 18.7. The van der Waals surface area contributed by atoms with Crippen molar-refractivity contribution in [3.05, 3.63) is 35.9 Å². The highest BCUT2D eigenvalue weighted by Gasteiger charge is 2.51. The Balaban J connectivity index is 1.48. The summed E-state index contributed by atoms with van der Waals surface area (Å²) in [5.74, 6) is -6.96. The Labute approximate surface area is 227 Å². The van der Waals surface area contributed by atoms with E-state index in [-0.39, 0.29) is 29.4 Å². The van der Waals surface area contributed by atoms with Crippen LogP contribution in [0.2, 0.25) is 0 Å². The van der Waals surface area contributed by atoms with Gasteiger partial charge in [0.25, 0.3) is 0 Å². The Morgan fingerprint density at radius 3 is 2.38 bits per heavy atom. The molecule has 0 spiro atoms. The summed E-state index contributed by atoms with van der Waals surface area (Å²) in [7, 11) is -3.10. The number of hydrogen-bond donors (Lipinski definition) is 1. The van der Waals surface area contributed by atoms with E-state index in [1.165, 1.54) is 0 Å². The number of nitrogens with one attached hydrogen (secondary N) is 1. The number of halogens is 5. The van der Waals surface area contributed by atoms with Crippen LogP contribution in [-0.2, 0) is 21.1 Å². The minimum Gasteiger partial charge on any atom is -0.444 e. The van der Waals surface area contributed by atoms with Crippen molar-refractivity contribution in [3.63, 3.8) is 0 Å². The number of oxazole rings is 1. The zero-order valence-corrected chi connectivity index (χ0v) is 22.1. The van der Waals surface area contributed by atoms with Gasteiger partial charge in [-0.15, -0.1) is 0 Å². The molecule has 2 unspecified atom stereocenters. The van der Waals surface area contributed by atoms with Gasteiger partial charge in [0.1, 0.15) is 23.4 Å². The van der Waals surface area contributed by atoms with Crippen LogP contribution in [0.3, 0.4) is 0 Å². The normalized spacial score (nSPS) is 25.1. The van der Waals surface area contributed by atoms with Crippen LogP contribution >= 0.6 is 0 Å². The van der Waals surface area contributed by atoms with Crippen LogP contribution in [0, 0.1) is 17.2 Å². The van der Waals surface area contributed by atoms with Gasteiger partial charge in [0.15, 0.2) is 9.84 Å². The Morgan fingerprint density at radius 1 is 1.15 bits per heavy atom. The fourth-order valence-corrected chi connectivity index (χ4v) is 6.53. The topological polar surface area (TPSA) is 116 Å². The number of carbonyl (C=O) groups is 1. The second kappa shape index (κ2) is 10.0. The van der Waals surface area contributed by atoms with E-state index in [0.29, 0.717) is 37.2 Å². The third kappa shape index (κ3) is 6.24. The molecule has 2 heterocycles. The highest BCUT2D eigenvalue weighted by molar-refractivity contribution is 7.91. The molecular formula is C26H27F5N4O4S. The Kier molecular flexibility index (Phi) is 7.09. The number of rotatable bonds is 6. The minimum absolute atomic E-state index is 0.00580. The van der Waals surface area contributed by atoms with Crippen molar-refractivity contribution in [2.45, 2.75) is 62.1 Å². The maximum absolute atomic E-state index is 14.5. The zero-order valence-electron chi connectivity index (χ0n) is 21.3. The van der Waals surface area contributed by atoms with Crippen molar-refractivity contribution in [3.8, 4) is 17.3 Å². The number of aromatic nitrogens is 1. The summed E-state index contributed by atoms with van der Waals surface area (Å²) >= 11 is 0. The number of nitrogens with zero attached hydrogens (tertiary/aromatic N) is 3. The molecule has 2 aromatic rings. The van der Waals surface area contributed by atoms with E-state index in [9.17, 15) is 40.4 Å². The third-order valence-electron chi connectivity index (χ3n) is 7.73. The third-order valence-corrected chi connectivity index (χ3v) is 9.33. The SMILES string of the molecule is N#CC1(NC(=O)C2CC(F)(F)CCC2c2oc(CC(F)(F)F)nc2-c2ccc(N3CCS(=O)(=O)CC3)cc2)CC1. The minimum atomic E-state index is -4.64. The molecule has 1 aromatic heterocycles. The first-order valence-corrected chi connectivity index (χ1v) is 14.7. The highest BCUT2D eigenvalue weighted by Crippen LogP contribution is 2.48. The van der Waals surface area contributed by atoms with Crippen LogP contribution in [0.15, 0.2) is 28.7 Å². The number of nitriles is 1. The van der Waals surface area contributed by atoms with Gasteiger partial charge in [-0.1, -0.05) is 12.1 Å². The second-order valence-corrected chi connectivity index (χ2v) is 13.1. The van der Waals surface area contributed by atoms with Crippen molar-refractivity contribution in [2.75, 3.05) is 29.5 Å². The van der Waals surface area contributed by atoms with Crippen molar-refractivity contribution in [1.29, 1.82) is 5.26 Å². The Morgan fingerprint density at radius 2 is 1.80 bits per heavy atom. The van der Waals surface area contributed by atoms with Crippen LogP contribution in [0.4, 0.5) is 27.6 Å².